The first-order valence-electron chi connectivity index (χ1n) is 6.34. The van der Waals surface area contributed by atoms with E-state index in [0.29, 0.717) is 4.47 Å². The summed E-state index contributed by atoms with van der Waals surface area (Å²) in [7, 11) is 0. The van der Waals surface area contributed by atoms with Crippen LogP contribution in [0.15, 0.2) is 16.6 Å². The van der Waals surface area contributed by atoms with Crippen molar-refractivity contribution >= 4 is 21.6 Å². The van der Waals surface area contributed by atoms with E-state index in [1.165, 1.54) is 25.7 Å². The predicted octanol–water partition coefficient (Wildman–Crippen LogP) is 5.28. The molecule has 0 saturated heterocycles. The monoisotopic (exact) mass is 301 g/mol. The molecule has 0 aliphatic carbocycles. The SMILES string of the molecule is CCCCCCCNc1cc(F)c(Br)cc1C. The average Bonchev–Trinajstić information content (AvgIpc) is 2.30. The summed E-state index contributed by atoms with van der Waals surface area (Å²) in [6.45, 7) is 5.13. The van der Waals surface area contributed by atoms with E-state index in [2.05, 4.69) is 28.2 Å². The Kier molecular flexibility index (Phi) is 6.56. The van der Waals surface area contributed by atoms with Crippen LogP contribution < -0.4 is 5.32 Å². The first-order valence-corrected chi connectivity index (χ1v) is 7.14. The minimum absolute atomic E-state index is 0.205. The molecule has 0 aliphatic rings. The Bertz CT molecular complexity index is 352. The predicted molar refractivity (Wildman–Crippen MR) is 76.1 cm³/mol. The molecular weight excluding hydrogens is 281 g/mol. The van der Waals surface area contributed by atoms with Gasteiger partial charge in [0.1, 0.15) is 5.82 Å². The molecule has 0 spiro atoms. The lowest BCUT2D eigenvalue weighted by Gasteiger charge is -2.10. The molecule has 0 aliphatic heterocycles. The zero-order chi connectivity index (χ0) is 12.7. The number of unbranched alkanes of at least 4 members (excludes halogenated alkanes) is 4. The van der Waals surface area contributed by atoms with Crippen LogP contribution >= 0.6 is 15.9 Å². The molecule has 17 heavy (non-hydrogen) atoms. The van der Waals surface area contributed by atoms with E-state index in [0.717, 1.165) is 24.2 Å². The number of anilines is 1. The molecule has 0 saturated carbocycles. The topological polar surface area (TPSA) is 12.0 Å². The fourth-order valence-corrected chi connectivity index (χ4v) is 2.25. The van der Waals surface area contributed by atoms with Gasteiger partial charge in [-0.25, -0.2) is 4.39 Å². The highest BCUT2D eigenvalue weighted by atomic mass is 79.9. The third kappa shape index (κ3) is 5.07. The summed E-state index contributed by atoms with van der Waals surface area (Å²) in [4.78, 5) is 0. The maximum Gasteiger partial charge on any atom is 0.139 e. The molecule has 0 amide bonds. The number of aryl methyl sites for hydroxylation is 1. The summed E-state index contributed by atoms with van der Waals surface area (Å²) >= 11 is 3.19. The lowest BCUT2D eigenvalue weighted by molar-refractivity contribution is 0.620. The van der Waals surface area contributed by atoms with Crippen LogP contribution in [0.4, 0.5) is 10.1 Å². The summed E-state index contributed by atoms with van der Waals surface area (Å²) in [5.74, 6) is -0.205. The number of benzene rings is 1. The molecule has 0 aromatic heterocycles. The van der Waals surface area contributed by atoms with Crippen LogP contribution in [0.5, 0.6) is 0 Å². The molecule has 1 N–H and O–H groups in total. The van der Waals surface area contributed by atoms with Crippen molar-refractivity contribution in [3.05, 3.63) is 28.0 Å². The summed E-state index contributed by atoms with van der Waals surface area (Å²) in [5.41, 5.74) is 1.98. The third-order valence-electron chi connectivity index (χ3n) is 2.86. The molecular formula is C14H21BrFN. The molecule has 1 aromatic rings. The van der Waals surface area contributed by atoms with Gasteiger partial charge in [0.15, 0.2) is 0 Å². The first-order chi connectivity index (χ1) is 8.15. The highest BCUT2D eigenvalue weighted by molar-refractivity contribution is 9.10. The summed E-state index contributed by atoms with van der Waals surface area (Å²) in [6.07, 6.45) is 6.28. The van der Waals surface area contributed by atoms with Gasteiger partial charge in [0.2, 0.25) is 0 Å². The normalized spacial score (nSPS) is 10.6. The summed E-state index contributed by atoms with van der Waals surface area (Å²) in [6, 6.07) is 3.38. The lowest BCUT2D eigenvalue weighted by atomic mass is 10.1. The Balaban J connectivity index is 2.34. The Morgan fingerprint density at radius 3 is 2.59 bits per heavy atom. The minimum atomic E-state index is -0.205. The number of nitrogens with one attached hydrogen (secondary N) is 1. The van der Waals surface area contributed by atoms with E-state index in [1.54, 1.807) is 6.07 Å². The number of halogens is 2. The molecule has 0 atom stereocenters. The fourth-order valence-electron chi connectivity index (χ4n) is 1.79. The van der Waals surface area contributed by atoms with E-state index in [9.17, 15) is 4.39 Å². The van der Waals surface area contributed by atoms with Gasteiger partial charge in [0, 0.05) is 12.2 Å². The quantitative estimate of drug-likeness (QED) is 0.676. The molecule has 96 valence electrons. The maximum atomic E-state index is 13.3. The molecule has 0 bridgehead atoms. The van der Waals surface area contributed by atoms with Crippen molar-refractivity contribution in [1.82, 2.24) is 0 Å². The molecule has 0 fully saturated rings. The Morgan fingerprint density at radius 1 is 1.18 bits per heavy atom. The minimum Gasteiger partial charge on any atom is -0.385 e. The van der Waals surface area contributed by atoms with Crippen molar-refractivity contribution in [2.24, 2.45) is 0 Å². The summed E-state index contributed by atoms with van der Waals surface area (Å²) in [5, 5.41) is 3.30. The van der Waals surface area contributed by atoms with Crippen LogP contribution in [0.2, 0.25) is 0 Å². The van der Waals surface area contributed by atoms with Gasteiger partial charge in [-0.1, -0.05) is 32.6 Å². The molecule has 3 heteroatoms. The Labute approximate surface area is 112 Å². The second-order valence-electron chi connectivity index (χ2n) is 4.42. The average molecular weight is 302 g/mol. The van der Waals surface area contributed by atoms with Crippen molar-refractivity contribution in [1.29, 1.82) is 0 Å². The standard InChI is InChI=1S/C14H21BrFN/c1-3-4-5-6-7-8-17-14-10-13(16)12(15)9-11(14)2/h9-10,17H,3-8H2,1-2H3. The van der Waals surface area contributed by atoms with Gasteiger partial charge in [0.05, 0.1) is 4.47 Å². The first kappa shape index (κ1) is 14.5. The fraction of sp³-hybridized carbons (Fsp3) is 0.571. The van der Waals surface area contributed by atoms with E-state index >= 15 is 0 Å². The highest BCUT2D eigenvalue weighted by Gasteiger charge is 2.04. The number of rotatable bonds is 7. The second-order valence-corrected chi connectivity index (χ2v) is 5.28. The zero-order valence-electron chi connectivity index (χ0n) is 10.7. The lowest BCUT2D eigenvalue weighted by Crippen LogP contribution is -2.03. The van der Waals surface area contributed by atoms with E-state index in [-0.39, 0.29) is 5.82 Å². The largest absolute Gasteiger partial charge is 0.385 e. The molecule has 1 aromatic carbocycles. The van der Waals surface area contributed by atoms with Gasteiger partial charge < -0.3 is 5.32 Å². The van der Waals surface area contributed by atoms with Gasteiger partial charge in [-0.2, -0.15) is 0 Å². The molecule has 1 nitrogen and oxygen atoms in total. The van der Waals surface area contributed by atoms with Gasteiger partial charge in [0.25, 0.3) is 0 Å². The maximum absolute atomic E-state index is 13.3. The molecule has 1 rings (SSSR count). The zero-order valence-corrected chi connectivity index (χ0v) is 12.2. The molecule has 0 heterocycles. The van der Waals surface area contributed by atoms with Gasteiger partial charge in [-0.05, 0) is 47.0 Å². The van der Waals surface area contributed by atoms with Crippen molar-refractivity contribution in [2.75, 3.05) is 11.9 Å². The molecule has 0 radical (unpaired) electrons. The van der Waals surface area contributed by atoms with E-state index in [1.807, 2.05) is 13.0 Å². The van der Waals surface area contributed by atoms with Crippen LogP contribution in [0.1, 0.15) is 44.6 Å². The van der Waals surface area contributed by atoms with Gasteiger partial charge in [-0.3, -0.25) is 0 Å². The van der Waals surface area contributed by atoms with E-state index < -0.39 is 0 Å². The van der Waals surface area contributed by atoms with Crippen molar-refractivity contribution in [3.8, 4) is 0 Å². The van der Waals surface area contributed by atoms with Gasteiger partial charge >= 0.3 is 0 Å². The number of hydrogen-bond donors (Lipinski definition) is 1. The Morgan fingerprint density at radius 2 is 1.88 bits per heavy atom. The van der Waals surface area contributed by atoms with Crippen molar-refractivity contribution in [3.63, 3.8) is 0 Å². The highest BCUT2D eigenvalue weighted by Crippen LogP contribution is 2.23. The van der Waals surface area contributed by atoms with E-state index in [4.69, 9.17) is 0 Å². The third-order valence-corrected chi connectivity index (χ3v) is 3.47. The Hall–Kier alpha value is -0.570. The van der Waals surface area contributed by atoms with Crippen LogP contribution in [0.25, 0.3) is 0 Å². The molecule has 0 unspecified atom stereocenters. The van der Waals surface area contributed by atoms with Crippen LogP contribution in [-0.2, 0) is 0 Å². The van der Waals surface area contributed by atoms with Crippen LogP contribution in [0, 0.1) is 12.7 Å². The van der Waals surface area contributed by atoms with Crippen LogP contribution in [-0.4, -0.2) is 6.54 Å². The summed E-state index contributed by atoms with van der Waals surface area (Å²) < 4.78 is 13.9. The van der Waals surface area contributed by atoms with Crippen molar-refractivity contribution in [2.45, 2.75) is 46.0 Å². The van der Waals surface area contributed by atoms with Crippen LogP contribution in [0.3, 0.4) is 0 Å². The van der Waals surface area contributed by atoms with Gasteiger partial charge in [-0.15, -0.1) is 0 Å². The van der Waals surface area contributed by atoms with Crippen molar-refractivity contribution < 1.29 is 4.39 Å². The smallest absolute Gasteiger partial charge is 0.139 e. The second kappa shape index (κ2) is 7.70. The number of hydrogen-bond acceptors (Lipinski definition) is 1.